The average Bonchev–Trinajstić information content (AvgIpc) is 3.09. The van der Waals surface area contributed by atoms with Crippen LogP contribution in [0, 0.1) is 5.92 Å². The van der Waals surface area contributed by atoms with Crippen LogP contribution in [0.1, 0.15) is 6.42 Å². The van der Waals surface area contributed by atoms with Crippen molar-refractivity contribution in [3.05, 3.63) is 30.7 Å². The first-order valence-electron chi connectivity index (χ1n) is 7.25. The molecule has 7 heteroatoms. The van der Waals surface area contributed by atoms with Crippen LogP contribution in [0.2, 0.25) is 0 Å². The molecule has 3 heterocycles. The standard InChI is InChI=1S/C15H19N5O2/c1-20-9-12(7-18-20)10-2-3-17-14(4-10)19-15(22)5-11-6-16-8-13(11)21/h2-4,7,9,11,13,16,21H,5-6,8H2,1H3,(H,17,19,22)/t11-,13-/m1/s1. The van der Waals surface area contributed by atoms with Crippen LogP contribution >= 0.6 is 0 Å². The highest BCUT2D eigenvalue weighted by molar-refractivity contribution is 5.90. The third-order valence-corrected chi connectivity index (χ3v) is 3.82. The molecule has 0 unspecified atom stereocenters. The summed E-state index contributed by atoms with van der Waals surface area (Å²) in [5.41, 5.74) is 1.91. The fraction of sp³-hybridized carbons (Fsp3) is 0.400. The van der Waals surface area contributed by atoms with Crippen LogP contribution in [0.25, 0.3) is 11.1 Å². The van der Waals surface area contributed by atoms with Crippen LogP contribution in [-0.4, -0.2) is 45.0 Å². The fourth-order valence-electron chi connectivity index (χ4n) is 2.61. The van der Waals surface area contributed by atoms with Crippen LogP contribution in [0.5, 0.6) is 0 Å². The maximum atomic E-state index is 12.1. The number of hydrogen-bond donors (Lipinski definition) is 3. The van der Waals surface area contributed by atoms with Crippen molar-refractivity contribution in [2.24, 2.45) is 13.0 Å². The van der Waals surface area contributed by atoms with E-state index in [0.29, 0.717) is 18.9 Å². The summed E-state index contributed by atoms with van der Waals surface area (Å²) in [5.74, 6) is 0.330. The highest BCUT2D eigenvalue weighted by atomic mass is 16.3. The van der Waals surface area contributed by atoms with E-state index >= 15 is 0 Å². The maximum absolute atomic E-state index is 12.1. The Labute approximate surface area is 128 Å². The molecular formula is C15H19N5O2. The molecule has 0 saturated carbocycles. The smallest absolute Gasteiger partial charge is 0.225 e. The summed E-state index contributed by atoms with van der Waals surface area (Å²) in [6, 6.07) is 3.69. The van der Waals surface area contributed by atoms with Gasteiger partial charge >= 0.3 is 0 Å². The Morgan fingerprint density at radius 2 is 2.36 bits per heavy atom. The van der Waals surface area contributed by atoms with Crippen molar-refractivity contribution < 1.29 is 9.90 Å². The average molecular weight is 301 g/mol. The first-order valence-corrected chi connectivity index (χ1v) is 7.25. The van der Waals surface area contributed by atoms with E-state index in [0.717, 1.165) is 11.1 Å². The number of pyridine rings is 1. The van der Waals surface area contributed by atoms with E-state index in [2.05, 4.69) is 20.7 Å². The molecule has 0 aliphatic carbocycles. The van der Waals surface area contributed by atoms with Crippen LogP contribution in [-0.2, 0) is 11.8 Å². The summed E-state index contributed by atoms with van der Waals surface area (Å²) in [5, 5.41) is 19.7. The largest absolute Gasteiger partial charge is 0.391 e. The van der Waals surface area contributed by atoms with Crippen LogP contribution in [0.15, 0.2) is 30.7 Å². The predicted octanol–water partition coefficient (Wildman–Crippen LogP) is 0.391. The number of aryl methyl sites for hydroxylation is 1. The lowest BCUT2D eigenvalue weighted by Gasteiger charge is -2.12. The zero-order valence-electron chi connectivity index (χ0n) is 12.4. The molecule has 116 valence electrons. The predicted molar refractivity (Wildman–Crippen MR) is 82.1 cm³/mol. The van der Waals surface area contributed by atoms with E-state index in [9.17, 15) is 9.90 Å². The van der Waals surface area contributed by atoms with E-state index in [1.807, 2.05) is 25.4 Å². The monoisotopic (exact) mass is 301 g/mol. The van der Waals surface area contributed by atoms with Crippen molar-refractivity contribution in [3.8, 4) is 11.1 Å². The number of hydrogen-bond acceptors (Lipinski definition) is 5. The molecule has 1 amide bonds. The van der Waals surface area contributed by atoms with Gasteiger partial charge in [0.2, 0.25) is 5.91 Å². The molecule has 3 rings (SSSR count). The van der Waals surface area contributed by atoms with E-state index in [1.165, 1.54) is 0 Å². The lowest BCUT2D eigenvalue weighted by Crippen LogP contribution is -2.24. The van der Waals surface area contributed by atoms with Gasteiger partial charge in [0, 0.05) is 50.4 Å². The van der Waals surface area contributed by atoms with Gasteiger partial charge in [0.05, 0.1) is 12.3 Å². The van der Waals surface area contributed by atoms with Crippen LogP contribution in [0.3, 0.4) is 0 Å². The second-order valence-electron chi connectivity index (χ2n) is 5.57. The number of aliphatic hydroxyl groups excluding tert-OH is 1. The number of nitrogens with zero attached hydrogens (tertiary/aromatic N) is 3. The number of anilines is 1. The number of aliphatic hydroxyl groups is 1. The van der Waals surface area contributed by atoms with Crippen molar-refractivity contribution >= 4 is 11.7 Å². The van der Waals surface area contributed by atoms with Gasteiger partial charge in [-0.2, -0.15) is 5.10 Å². The Bertz CT molecular complexity index is 669. The minimum absolute atomic E-state index is 0.0403. The molecule has 0 aromatic carbocycles. The number of amides is 1. The molecule has 3 N–H and O–H groups in total. The van der Waals surface area contributed by atoms with Gasteiger partial charge in [-0.1, -0.05) is 0 Å². The SMILES string of the molecule is Cn1cc(-c2ccnc(NC(=O)C[C@@H]3CNC[C@H]3O)c2)cn1. The molecule has 2 atom stereocenters. The quantitative estimate of drug-likeness (QED) is 0.760. The van der Waals surface area contributed by atoms with Crippen molar-refractivity contribution in [2.45, 2.75) is 12.5 Å². The summed E-state index contributed by atoms with van der Waals surface area (Å²) in [6.07, 6.45) is 5.15. The molecule has 1 aliphatic heterocycles. The lowest BCUT2D eigenvalue weighted by molar-refractivity contribution is -0.117. The summed E-state index contributed by atoms with van der Waals surface area (Å²) in [7, 11) is 1.86. The Kier molecular flexibility index (Phi) is 4.17. The highest BCUT2D eigenvalue weighted by Gasteiger charge is 2.27. The van der Waals surface area contributed by atoms with Gasteiger partial charge in [0.25, 0.3) is 0 Å². The van der Waals surface area contributed by atoms with E-state index in [1.54, 1.807) is 17.1 Å². The molecule has 0 spiro atoms. The van der Waals surface area contributed by atoms with Crippen molar-refractivity contribution in [1.29, 1.82) is 0 Å². The number of nitrogens with one attached hydrogen (secondary N) is 2. The van der Waals surface area contributed by atoms with Crippen molar-refractivity contribution in [1.82, 2.24) is 20.1 Å². The maximum Gasteiger partial charge on any atom is 0.225 e. The third kappa shape index (κ3) is 3.32. The molecule has 1 saturated heterocycles. The van der Waals surface area contributed by atoms with Gasteiger partial charge < -0.3 is 15.7 Å². The minimum Gasteiger partial charge on any atom is -0.391 e. The third-order valence-electron chi connectivity index (χ3n) is 3.82. The van der Waals surface area contributed by atoms with Crippen molar-refractivity contribution in [3.63, 3.8) is 0 Å². The van der Waals surface area contributed by atoms with Gasteiger partial charge in [-0.15, -0.1) is 0 Å². The zero-order valence-corrected chi connectivity index (χ0v) is 12.4. The molecule has 1 fully saturated rings. The Balaban J connectivity index is 1.66. The van der Waals surface area contributed by atoms with Crippen molar-refractivity contribution in [2.75, 3.05) is 18.4 Å². The summed E-state index contributed by atoms with van der Waals surface area (Å²) >= 11 is 0. The highest BCUT2D eigenvalue weighted by Crippen LogP contribution is 2.21. The van der Waals surface area contributed by atoms with E-state index in [4.69, 9.17) is 0 Å². The topological polar surface area (TPSA) is 92.1 Å². The number of rotatable bonds is 4. The Morgan fingerprint density at radius 1 is 1.50 bits per heavy atom. The number of β-amino-alcohol motifs (C(OH)–C–C–N with tert-alkyl or cyclic N) is 1. The summed E-state index contributed by atoms with van der Waals surface area (Å²) in [4.78, 5) is 16.2. The Morgan fingerprint density at radius 3 is 3.05 bits per heavy atom. The second kappa shape index (κ2) is 6.25. The van der Waals surface area contributed by atoms with Crippen LogP contribution in [0.4, 0.5) is 5.82 Å². The van der Waals surface area contributed by atoms with Gasteiger partial charge in [-0.3, -0.25) is 9.48 Å². The van der Waals surface area contributed by atoms with Crippen LogP contribution < -0.4 is 10.6 Å². The number of carbonyl (C=O) groups is 1. The van der Waals surface area contributed by atoms with Gasteiger partial charge in [0.1, 0.15) is 5.82 Å². The lowest BCUT2D eigenvalue weighted by atomic mass is 10.0. The second-order valence-corrected chi connectivity index (χ2v) is 5.57. The Hall–Kier alpha value is -2.25. The minimum atomic E-state index is -0.458. The van der Waals surface area contributed by atoms with Gasteiger partial charge in [-0.05, 0) is 17.7 Å². The molecule has 2 aromatic heterocycles. The molecule has 7 nitrogen and oxygen atoms in total. The summed E-state index contributed by atoms with van der Waals surface area (Å²) in [6.45, 7) is 1.21. The first kappa shape index (κ1) is 14.7. The molecule has 0 bridgehead atoms. The molecule has 22 heavy (non-hydrogen) atoms. The van der Waals surface area contributed by atoms with E-state index in [-0.39, 0.29) is 18.2 Å². The zero-order chi connectivity index (χ0) is 15.5. The fourth-order valence-corrected chi connectivity index (χ4v) is 2.61. The first-order chi connectivity index (χ1) is 10.6. The number of aromatic nitrogens is 3. The molecule has 2 aromatic rings. The molecular weight excluding hydrogens is 282 g/mol. The molecule has 1 aliphatic rings. The summed E-state index contributed by atoms with van der Waals surface area (Å²) < 4.78 is 1.72. The van der Waals surface area contributed by atoms with Gasteiger partial charge in [0.15, 0.2) is 0 Å². The normalized spacial score (nSPS) is 21.0. The molecule has 0 radical (unpaired) electrons. The number of carbonyl (C=O) groups excluding carboxylic acids is 1. The van der Waals surface area contributed by atoms with Gasteiger partial charge in [-0.25, -0.2) is 4.98 Å². The van der Waals surface area contributed by atoms with E-state index < -0.39 is 6.10 Å².